The molecule has 0 aliphatic heterocycles. The first kappa shape index (κ1) is 46.7. The Morgan fingerprint density at radius 1 is 0.784 bits per heavy atom. The number of nitrogens with zero attached hydrogens (tertiary/aromatic N) is 2. The van der Waals surface area contributed by atoms with E-state index in [0.29, 0.717) is 38.5 Å². The van der Waals surface area contributed by atoms with Crippen molar-refractivity contribution in [2.24, 2.45) is 5.41 Å². The molecule has 285 valence electrons. The van der Waals surface area contributed by atoms with Crippen LogP contribution in [0.1, 0.15) is 85.4 Å². The Bertz CT molecular complexity index is 1320. The second kappa shape index (κ2) is 22.7. The molecule has 0 saturated carbocycles. The first-order valence-electron chi connectivity index (χ1n) is 17.3. The van der Waals surface area contributed by atoms with Crippen LogP contribution in [-0.2, 0) is 76.0 Å². The summed E-state index contributed by atoms with van der Waals surface area (Å²) in [5.41, 5.74) is 1.95. The van der Waals surface area contributed by atoms with Crippen molar-refractivity contribution in [1.82, 2.24) is 15.1 Å². The number of esters is 1. The molecule has 2 aromatic rings. The summed E-state index contributed by atoms with van der Waals surface area (Å²) in [4.78, 5) is 29.6. The van der Waals surface area contributed by atoms with Gasteiger partial charge in [0.25, 0.3) is 0 Å². The fraction of sp³-hybridized carbons (Fsp3) is 0.641. The van der Waals surface area contributed by atoms with Crippen molar-refractivity contribution in [2.45, 2.75) is 99.4 Å². The molecule has 0 aromatic heterocycles. The van der Waals surface area contributed by atoms with Gasteiger partial charge in [-0.2, -0.15) is 18.2 Å². The van der Waals surface area contributed by atoms with Crippen molar-refractivity contribution in [3.05, 3.63) is 59.2 Å². The standard InChI is InChI=1S/C39H62N3O8.Y/c1-37(2,3)27-42(22-21-41(26-35(43)49-38(4,5)6)24-31-16-12-13-17-33(31)47-28-45-10)25-32-23-30(18-19-34(32)48-29-46-11)15-14-20-40-36(44)50-39(7,8)9;/h13,16-19,23H,14-15,20-22,24-29H2,1-11H3,(H,40,44);/q-1;. The average Bonchev–Trinajstić information content (AvgIpc) is 2.98. The smallest absolute Gasteiger partial charge is 0.407 e. The van der Waals surface area contributed by atoms with Gasteiger partial charge in [-0.05, 0) is 78.0 Å². The summed E-state index contributed by atoms with van der Waals surface area (Å²) in [7, 11) is 3.19. The minimum absolute atomic E-state index is 0. The summed E-state index contributed by atoms with van der Waals surface area (Å²) >= 11 is 0. The quantitative estimate of drug-likeness (QED) is 0.0683. The van der Waals surface area contributed by atoms with Gasteiger partial charge in [0.2, 0.25) is 0 Å². The van der Waals surface area contributed by atoms with E-state index in [2.05, 4.69) is 54.1 Å². The Balaban J connectivity index is 0.0000130. The van der Waals surface area contributed by atoms with E-state index in [4.69, 9.17) is 28.4 Å². The topological polar surface area (TPSA) is 108 Å². The van der Waals surface area contributed by atoms with Crippen LogP contribution in [0.3, 0.4) is 0 Å². The van der Waals surface area contributed by atoms with E-state index in [0.717, 1.165) is 41.8 Å². The van der Waals surface area contributed by atoms with Crippen molar-refractivity contribution in [3.8, 4) is 11.5 Å². The number of methoxy groups -OCH3 is 2. The van der Waals surface area contributed by atoms with Crippen LogP contribution < -0.4 is 14.8 Å². The van der Waals surface area contributed by atoms with E-state index in [1.807, 2.05) is 59.7 Å². The van der Waals surface area contributed by atoms with Crippen LogP contribution in [0.2, 0.25) is 0 Å². The van der Waals surface area contributed by atoms with Crippen LogP contribution in [0.5, 0.6) is 11.5 Å². The summed E-state index contributed by atoms with van der Waals surface area (Å²) < 4.78 is 33.3. The third-order valence-corrected chi connectivity index (χ3v) is 7.00. The molecule has 0 aliphatic rings. The molecule has 0 aliphatic carbocycles. The van der Waals surface area contributed by atoms with Gasteiger partial charge in [-0.1, -0.05) is 32.9 Å². The number of hydrogen-bond donors (Lipinski definition) is 1. The average molecular weight is 790 g/mol. The van der Waals surface area contributed by atoms with Gasteiger partial charge in [-0.3, -0.25) is 14.6 Å². The second-order valence-corrected chi connectivity index (χ2v) is 15.7. The number of nitrogens with one attached hydrogen (secondary N) is 1. The van der Waals surface area contributed by atoms with Gasteiger partial charge in [-0.25, -0.2) is 4.79 Å². The van der Waals surface area contributed by atoms with Gasteiger partial charge in [0, 0.05) is 91.0 Å². The van der Waals surface area contributed by atoms with Crippen molar-refractivity contribution in [3.63, 3.8) is 0 Å². The number of carbonyl (C=O) groups is 2. The van der Waals surface area contributed by atoms with Crippen LogP contribution in [0.4, 0.5) is 4.79 Å². The molecular formula is C39H62N3O8Y-. The number of ether oxygens (including phenoxy) is 6. The molecule has 1 radical (unpaired) electrons. The largest absolute Gasteiger partial charge is 0.493 e. The van der Waals surface area contributed by atoms with Gasteiger partial charge < -0.3 is 33.7 Å². The second-order valence-electron chi connectivity index (χ2n) is 15.7. The van der Waals surface area contributed by atoms with E-state index >= 15 is 0 Å². The molecule has 0 fully saturated rings. The molecule has 2 rings (SSSR count). The summed E-state index contributed by atoms with van der Waals surface area (Å²) in [6, 6.07) is 14.9. The SMILES string of the molecule is COCOc1cc[c-]cc1CN(CCN(Cc1cc(CCCNC(=O)OC(C)(C)C)ccc1OCOC)CC(C)(C)C)CC(=O)OC(C)(C)C.[Y]. The van der Waals surface area contributed by atoms with Gasteiger partial charge in [0.05, 0.1) is 6.54 Å². The Kier molecular flexibility index (Phi) is 20.8. The monoisotopic (exact) mass is 789 g/mol. The molecule has 0 spiro atoms. The predicted molar refractivity (Wildman–Crippen MR) is 195 cm³/mol. The molecular weight excluding hydrogens is 727 g/mol. The zero-order chi connectivity index (χ0) is 37.4. The Labute approximate surface area is 332 Å². The van der Waals surface area contributed by atoms with Crippen molar-refractivity contribution in [1.29, 1.82) is 0 Å². The van der Waals surface area contributed by atoms with Crippen LogP contribution in [0, 0.1) is 11.5 Å². The summed E-state index contributed by atoms with van der Waals surface area (Å²) in [5.74, 6) is 1.15. The molecule has 0 saturated heterocycles. The summed E-state index contributed by atoms with van der Waals surface area (Å²) in [5, 5.41) is 2.84. The minimum atomic E-state index is -0.594. The van der Waals surface area contributed by atoms with Crippen molar-refractivity contribution in [2.75, 3.05) is 60.5 Å². The Morgan fingerprint density at radius 2 is 1.37 bits per heavy atom. The van der Waals surface area contributed by atoms with Crippen LogP contribution in [0.25, 0.3) is 0 Å². The summed E-state index contributed by atoms with van der Waals surface area (Å²) in [6.07, 6.45) is 1.12. The molecule has 0 heterocycles. The van der Waals surface area contributed by atoms with Crippen LogP contribution in [0.15, 0.2) is 36.4 Å². The van der Waals surface area contributed by atoms with Gasteiger partial charge in [-0.15, -0.1) is 11.6 Å². The number of hydrogen-bond acceptors (Lipinski definition) is 10. The van der Waals surface area contributed by atoms with E-state index in [1.54, 1.807) is 20.3 Å². The van der Waals surface area contributed by atoms with E-state index < -0.39 is 17.3 Å². The number of alkyl carbamates (subject to hydrolysis) is 1. The maximum absolute atomic E-state index is 13.1. The first-order valence-corrected chi connectivity index (χ1v) is 17.3. The predicted octanol–water partition coefficient (Wildman–Crippen LogP) is 6.60. The molecule has 51 heavy (non-hydrogen) atoms. The molecule has 0 bridgehead atoms. The number of amides is 1. The van der Waals surface area contributed by atoms with Crippen molar-refractivity contribution >= 4 is 12.1 Å². The normalized spacial score (nSPS) is 12.0. The Morgan fingerprint density at radius 3 is 1.96 bits per heavy atom. The molecule has 11 nitrogen and oxygen atoms in total. The van der Waals surface area contributed by atoms with E-state index in [9.17, 15) is 9.59 Å². The molecule has 0 atom stereocenters. The molecule has 1 amide bonds. The number of carbonyl (C=O) groups excluding carboxylic acids is 2. The fourth-order valence-electron chi connectivity index (χ4n) is 5.23. The molecule has 0 unspecified atom stereocenters. The number of rotatable bonds is 20. The minimum Gasteiger partial charge on any atom is -0.493 e. The van der Waals surface area contributed by atoms with E-state index in [-0.39, 0.29) is 64.2 Å². The molecule has 2 aromatic carbocycles. The third-order valence-electron chi connectivity index (χ3n) is 7.00. The van der Waals surface area contributed by atoms with Gasteiger partial charge >= 0.3 is 12.1 Å². The third kappa shape index (κ3) is 21.1. The maximum atomic E-state index is 13.1. The zero-order valence-electron chi connectivity index (χ0n) is 33.0. The van der Waals surface area contributed by atoms with Crippen LogP contribution >= 0.6 is 0 Å². The fourth-order valence-corrected chi connectivity index (χ4v) is 5.23. The van der Waals surface area contributed by atoms with Gasteiger partial charge in [0.15, 0.2) is 13.6 Å². The van der Waals surface area contributed by atoms with Crippen LogP contribution in [-0.4, -0.2) is 93.6 Å². The number of aryl methyl sites for hydroxylation is 1. The first-order chi connectivity index (χ1) is 23.4. The zero-order valence-corrected chi connectivity index (χ0v) is 35.8. The molecule has 12 heteroatoms. The van der Waals surface area contributed by atoms with Crippen molar-refractivity contribution < 1.29 is 70.7 Å². The van der Waals surface area contributed by atoms with E-state index in [1.165, 1.54) is 0 Å². The summed E-state index contributed by atoms with van der Waals surface area (Å²) in [6.45, 7) is 21.9. The maximum Gasteiger partial charge on any atom is 0.407 e. The van der Waals surface area contributed by atoms with Gasteiger partial charge in [0.1, 0.15) is 17.0 Å². The Hall–Kier alpha value is -2.28. The number of benzene rings is 2. The molecule has 1 N–H and O–H groups in total.